The molecule has 0 unspecified atom stereocenters. The molecule has 2 aliphatic rings. The van der Waals surface area contributed by atoms with Crippen LogP contribution < -0.4 is 10.1 Å². The van der Waals surface area contributed by atoms with E-state index in [1.54, 1.807) is 26.2 Å². The highest BCUT2D eigenvalue weighted by atomic mass is 35.5. The Bertz CT molecular complexity index is 701. The third-order valence-electron chi connectivity index (χ3n) is 4.65. The summed E-state index contributed by atoms with van der Waals surface area (Å²) in [5.41, 5.74) is -0.171. The van der Waals surface area contributed by atoms with Gasteiger partial charge in [0.15, 0.2) is 10.8 Å². The molecule has 0 aliphatic carbocycles. The lowest BCUT2D eigenvalue weighted by atomic mass is 9.79. The zero-order valence-electron chi connectivity index (χ0n) is 14.4. The molecular formula is C17H21ClN2O4S. The molecule has 0 amide bonds. The molecule has 3 atom stereocenters. The maximum absolute atomic E-state index is 12.8. The number of benzene rings is 1. The molecule has 2 bridgehead atoms. The van der Waals surface area contributed by atoms with Gasteiger partial charge in [0.2, 0.25) is 0 Å². The molecule has 0 radical (unpaired) electrons. The molecule has 1 N–H and O–H groups in total. The summed E-state index contributed by atoms with van der Waals surface area (Å²) in [6, 6.07) is 5.02. The van der Waals surface area contributed by atoms with Crippen molar-refractivity contribution in [3.8, 4) is 5.75 Å². The van der Waals surface area contributed by atoms with Gasteiger partial charge in [-0.05, 0) is 44.3 Å². The van der Waals surface area contributed by atoms with E-state index in [1.165, 1.54) is 0 Å². The van der Waals surface area contributed by atoms with Crippen LogP contribution in [0.5, 0.6) is 5.75 Å². The summed E-state index contributed by atoms with van der Waals surface area (Å²) in [7, 11) is 1.62. The van der Waals surface area contributed by atoms with Crippen molar-refractivity contribution in [3.05, 3.63) is 28.8 Å². The second-order valence-electron chi connectivity index (χ2n) is 6.14. The molecule has 8 heteroatoms. The average Bonchev–Trinajstić information content (AvgIpc) is 2.55. The maximum Gasteiger partial charge on any atom is 0.317 e. The first-order valence-electron chi connectivity index (χ1n) is 8.14. The van der Waals surface area contributed by atoms with Crippen molar-refractivity contribution in [1.82, 2.24) is 10.2 Å². The van der Waals surface area contributed by atoms with Crippen LogP contribution in [-0.4, -0.2) is 48.6 Å². The number of hydrogen-bond acceptors (Lipinski definition) is 5. The monoisotopic (exact) mass is 384 g/mol. The first-order valence-corrected chi connectivity index (χ1v) is 8.93. The molecule has 136 valence electrons. The van der Waals surface area contributed by atoms with E-state index in [1.807, 2.05) is 17.9 Å². The van der Waals surface area contributed by atoms with E-state index < -0.39 is 11.6 Å². The first-order chi connectivity index (χ1) is 11.9. The summed E-state index contributed by atoms with van der Waals surface area (Å²) in [4.78, 5) is 14.6. The van der Waals surface area contributed by atoms with Gasteiger partial charge < -0.3 is 24.4 Å². The van der Waals surface area contributed by atoms with Gasteiger partial charge >= 0.3 is 5.97 Å². The Hall–Kier alpha value is -1.57. The molecule has 1 aromatic carbocycles. The Morgan fingerprint density at radius 1 is 1.52 bits per heavy atom. The standard InChI is InChI=1S/C17H21ClN2O4S/c1-4-23-15(21)13-14-11-9-10(18)5-6-12(11)24-17(13,2)20(7-8-22-3)16(25)19-14/h5-6,9,13-14H,4,7-8H2,1-3H3,(H,19,25)/t13-,14-,17+/m1/s1. The summed E-state index contributed by atoms with van der Waals surface area (Å²) in [5.74, 6) is -0.255. The third kappa shape index (κ3) is 3.05. The number of carbonyl (C=O) groups excluding carboxylic acids is 1. The van der Waals surface area contributed by atoms with E-state index in [4.69, 9.17) is 38.0 Å². The molecule has 2 heterocycles. The van der Waals surface area contributed by atoms with Crippen molar-refractivity contribution in [2.75, 3.05) is 26.9 Å². The van der Waals surface area contributed by atoms with E-state index in [-0.39, 0.29) is 12.0 Å². The molecule has 1 aromatic rings. The minimum Gasteiger partial charge on any atom is -0.467 e. The molecular weight excluding hydrogens is 364 g/mol. The third-order valence-corrected chi connectivity index (χ3v) is 5.23. The van der Waals surface area contributed by atoms with Crippen LogP contribution in [0.2, 0.25) is 5.02 Å². The summed E-state index contributed by atoms with van der Waals surface area (Å²) in [5, 5.41) is 4.35. The van der Waals surface area contributed by atoms with Gasteiger partial charge in [-0.25, -0.2) is 0 Å². The van der Waals surface area contributed by atoms with Gasteiger partial charge in [-0.2, -0.15) is 0 Å². The van der Waals surface area contributed by atoms with Gasteiger partial charge in [0.05, 0.1) is 19.3 Å². The van der Waals surface area contributed by atoms with Crippen LogP contribution in [0.3, 0.4) is 0 Å². The summed E-state index contributed by atoms with van der Waals surface area (Å²) in [6.07, 6.45) is 0. The Morgan fingerprint density at radius 2 is 2.28 bits per heavy atom. The van der Waals surface area contributed by atoms with Gasteiger partial charge in [0, 0.05) is 24.2 Å². The minimum atomic E-state index is -0.974. The normalized spacial score (nSPS) is 27.2. The molecule has 0 aromatic heterocycles. The fraction of sp³-hybridized carbons (Fsp3) is 0.529. The molecule has 6 nitrogen and oxygen atoms in total. The highest BCUT2D eigenvalue weighted by Gasteiger charge is 2.59. The predicted molar refractivity (Wildman–Crippen MR) is 97.7 cm³/mol. The quantitative estimate of drug-likeness (QED) is 0.618. The van der Waals surface area contributed by atoms with Crippen molar-refractivity contribution in [1.29, 1.82) is 0 Å². The number of nitrogens with zero attached hydrogens (tertiary/aromatic N) is 1. The number of rotatable bonds is 5. The number of esters is 1. The number of thiocarbonyl (C=S) groups is 1. The van der Waals surface area contributed by atoms with Crippen molar-refractivity contribution in [2.24, 2.45) is 5.92 Å². The molecule has 25 heavy (non-hydrogen) atoms. The first kappa shape index (κ1) is 18.2. The van der Waals surface area contributed by atoms with E-state index in [2.05, 4.69) is 5.32 Å². The number of fused-ring (bicyclic) bond motifs is 4. The Kier molecular flexibility index (Phi) is 5.09. The second kappa shape index (κ2) is 6.97. The van der Waals surface area contributed by atoms with Gasteiger partial charge in [-0.3, -0.25) is 4.79 Å². The summed E-state index contributed by atoms with van der Waals surface area (Å²) < 4.78 is 16.8. The van der Waals surface area contributed by atoms with Crippen LogP contribution >= 0.6 is 23.8 Å². The SMILES string of the molecule is CCOC(=O)[C@H]1[C@@H]2NC(=S)N(CCOC)[C@@]1(C)Oc1ccc(Cl)cc12. The van der Waals surface area contributed by atoms with E-state index >= 15 is 0 Å². The van der Waals surface area contributed by atoms with E-state index in [0.29, 0.717) is 35.6 Å². The Labute approximate surface area is 157 Å². The minimum absolute atomic E-state index is 0.295. The smallest absolute Gasteiger partial charge is 0.317 e. The average molecular weight is 385 g/mol. The highest BCUT2D eigenvalue weighted by molar-refractivity contribution is 7.80. The predicted octanol–water partition coefficient (Wildman–Crippen LogP) is 2.51. The zero-order valence-corrected chi connectivity index (χ0v) is 15.9. The molecule has 3 rings (SSSR count). The fourth-order valence-electron chi connectivity index (χ4n) is 3.52. The van der Waals surface area contributed by atoms with Crippen LogP contribution in [0.15, 0.2) is 18.2 Å². The van der Waals surface area contributed by atoms with Gasteiger partial charge in [0.1, 0.15) is 11.7 Å². The number of methoxy groups -OCH3 is 1. The number of nitrogens with one attached hydrogen (secondary N) is 1. The largest absolute Gasteiger partial charge is 0.467 e. The molecule has 1 fully saturated rings. The lowest BCUT2D eigenvalue weighted by Crippen LogP contribution is -2.71. The number of carbonyl (C=O) groups is 1. The maximum atomic E-state index is 12.8. The Morgan fingerprint density at radius 3 is 2.96 bits per heavy atom. The number of hydrogen-bond donors (Lipinski definition) is 1. The van der Waals surface area contributed by atoms with Crippen molar-refractivity contribution in [2.45, 2.75) is 25.6 Å². The number of ether oxygens (including phenoxy) is 3. The van der Waals surface area contributed by atoms with Crippen LogP contribution in [0.4, 0.5) is 0 Å². The van der Waals surface area contributed by atoms with Crippen LogP contribution in [0.1, 0.15) is 25.5 Å². The zero-order chi connectivity index (χ0) is 18.2. The summed E-state index contributed by atoms with van der Waals surface area (Å²) >= 11 is 11.7. The highest BCUT2D eigenvalue weighted by Crippen LogP contribution is 2.49. The van der Waals surface area contributed by atoms with Gasteiger partial charge in [-0.15, -0.1) is 0 Å². The fourth-order valence-corrected chi connectivity index (χ4v) is 4.10. The van der Waals surface area contributed by atoms with Crippen molar-refractivity contribution in [3.63, 3.8) is 0 Å². The Balaban J connectivity index is 2.09. The van der Waals surface area contributed by atoms with Crippen LogP contribution in [-0.2, 0) is 14.3 Å². The second-order valence-corrected chi connectivity index (χ2v) is 6.96. The summed E-state index contributed by atoms with van der Waals surface area (Å²) in [6.45, 7) is 4.88. The van der Waals surface area contributed by atoms with Gasteiger partial charge in [-0.1, -0.05) is 11.6 Å². The topological polar surface area (TPSA) is 60.0 Å². The van der Waals surface area contributed by atoms with Crippen LogP contribution in [0.25, 0.3) is 0 Å². The lowest BCUT2D eigenvalue weighted by molar-refractivity contribution is -0.176. The molecule has 0 saturated carbocycles. The molecule has 2 aliphatic heterocycles. The number of halogens is 1. The van der Waals surface area contributed by atoms with Crippen LogP contribution in [0, 0.1) is 5.92 Å². The van der Waals surface area contributed by atoms with Gasteiger partial charge in [0.25, 0.3) is 0 Å². The van der Waals surface area contributed by atoms with E-state index in [9.17, 15) is 4.79 Å². The van der Waals surface area contributed by atoms with Crippen molar-refractivity contribution < 1.29 is 19.0 Å². The van der Waals surface area contributed by atoms with E-state index in [0.717, 1.165) is 5.56 Å². The lowest BCUT2D eigenvalue weighted by Gasteiger charge is -2.55. The molecule has 0 spiro atoms. The molecule has 1 saturated heterocycles. The van der Waals surface area contributed by atoms with Crippen molar-refractivity contribution >= 4 is 34.9 Å².